The van der Waals surface area contributed by atoms with Crippen molar-refractivity contribution in [2.75, 3.05) is 0 Å². The maximum atomic E-state index is 9.30. The first-order chi connectivity index (χ1) is 5.11. The molecular formula is C8H11BrClNO. The van der Waals surface area contributed by atoms with E-state index in [0.29, 0.717) is 0 Å². The summed E-state index contributed by atoms with van der Waals surface area (Å²) < 4.78 is 0.933. The highest BCUT2D eigenvalue weighted by molar-refractivity contribution is 9.10. The number of aromatic hydroxyl groups is 1. The minimum atomic E-state index is -0.132. The fraction of sp³-hybridized carbons (Fsp3) is 0.250. The van der Waals surface area contributed by atoms with Gasteiger partial charge in [-0.3, -0.25) is 0 Å². The molecule has 1 rings (SSSR count). The molecule has 0 radical (unpaired) electrons. The number of halogens is 2. The lowest BCUT2D eigenvalue weighted by Gasteiger charge is -2.07. The van der Waals surface area contributed by atoms with Crippen LogP contribution in [-0.2, 0) is 0 Å². The Hall–Kier alpha value is -0.250. The third kappa shape index (κ3) is 2.66. The monoisotopic (exact) mass is 251 g/mol. The molecule has 1 atom stereocenters. The fourth-order valence-electron chi connectivity index (χ4n) is 0.890. The Labute approximate surface area is 86.3 Å². The second kappa shape index (κ2) is 4.70. The van der Waals surface area contributed by atoms with Crippen LogP contribution in [0.1, 0.15) is 18.5 Å². The number of rotatable bonds is 1. The summed E-state index contributed by atoms with van der Waals surface area (Å²) in [6.45, 7) is 1.83. The van der Waals surface area contributed by atoms with Crippen LogP contribution in [0.2, 0.25) is 0 Å². The summed E-state index contributed by atoms with van der Waals surface area (Å²) >= 11 is 3.30. The Kier molecular flexibility index (Phi) is 4.60. The number of benzene rings is 1. The van der Waals surface area contributed by atoms with E-state index in [9.17, 15) is 5.11 Å². The summed E-state index contributed by atoms with van der Waals surface area (Å²) in [4.78, 5) is 0. The van der Waals surface area contributed by atoms with Crippen molar-refractivity contribution >= 4 is 28.3 Å². The Morgan fingerprint density at radius 1 is 1.50 bits per heavy atom. The summed E-state index contributed by atoms with van der Waals surface area (Å²) in [7, 11) is 0. The molecule has 0 aliphatic rings. The molecular weight excluding hydrogens is 241 g/mol. The molecule has 1 aromatic rings. The van der Waals surface area contributed by atoms with Gasteiger partial charge in [-0.15, -0.1) is 12.4 Å². The van der Waals surface area contributed by atoms with E-state index in [0.717, 1.165) is 10.0 Å². The number of phenolic OH excluding ortho intramolecular Hbond substituents is 1. The molecule has 0 aliphatic carbocycles. The van der Waals surface area contributed by atoms with Crippen LogP contribution in [0.3, 0.4) is 0 Å². The normalized spacial score (nSPS) is 11.9. The van der Waals surface area contributed by atoms with Gasteiger partial charge in [0.1, 0.15) is 5.75 Å². The summed E-state index contributed by atoms with van der Waals surface area (Å²) in [6, 6.07) is 5.09. The van der Waals surface area contributed by atoms with Gasteiger partial charge in [0, 0.05) is 16.1 Å². The highest BCUT2D eigenvalue weighted by Crippen LogP contribution is 2.25. The Balaban J connectivity index is 0.00000121. The standard InChI is InChI=1S/C8H10BrNO.ClH/c1-5(10)7-4-6(9)2-3-8(7)11;/h2-5,11H,10H2,1H3;1H/t5-;/m0./s1. The Morgan fingerprint density at radius 2 is 2.08 bits per heavy atom. The van der Waals surface area contributed by atoms with Gasteiger partial charge >= 0.3 is 0 Å². The summed E-state index contributed by atoms with van der Waals surface area (Å²) in [5, 5.41) is 9.30. The molecule has 0 heterocycles. The van der Waals surface area contributed by atoms with Crippen molar-refractivity contribution in [1.82, 2.24) is 0 Å². The number of nitrogens with two attached hydrogens (primary N) is 1. The van der Waals surface area contributed by atoms with Crippen molar-refractivity contribution in [3.63, 3.8) is 0 Å². The molecule has 0 saturated heterocycles. The lowest BCUT2D eigenvalue weighted by molar-refractivity contribution is 0.463. The van der Waals surface area contributed by atoms with Crippen LogP contribution >= 0.6 is 28.3 Å². The van der Waals surface area contributed by atoms with Crippen molar-refractivity contribution in [3.8, 4) is 5.75 Å². The summed E-state index contributed by atoms with van der Waals surface area (Å²) in [5.74, 6) is 0.253. The molecule has 0 aromatic heterocycles. The molecule has 4 heteroatoms. The predicted octanol–water partition coefficient (Wildman–Crippen LogP) is 2.60. The van der Waals surface area contributed by atoms with Gasteiger partial charge in [-0.25, -0.2) is 0 Å². The molecule has 0 unspecified atom stereocenters. The average molecular weight is 253 g/mol. The first-order valence-electron chi connectivity index (χ1n) is 3.35. The van der Waals surface area contributed by atoms with Crippen molar-refractivity contribution in [3.05, 3.63) is 28.2 Å². The molecule has 68 valence electrons. The molecule has 0 fully saturated rings. The van der Waals surface area contributed by atoms with Crippen LogP contribution in [0.25, 0.3) is 0 Å². The van der Waals surface area contributed by atoms with E-state index >= 15 is 0 Å². The number of hydrogen-bond donors (Lipinski definition) is 2. The highest BCUT2D eigenvalue weighted by atomic mass is 79.9. The van der Waals surface area contributed by atoms with E-state index in [4.69, 9.17) is 5.73 Å². The zero-order chi connectivity index (χ0) is 8.43. The maximum Gasteiger partial charge on any atom is 0.120 e. The minimum absolute atomic E-state index is 0. The van der Waals surface area contributed by atoms with Crippen LogP contribution in [-0.4, -0.2) is 5.11 Å². The molecule has 0 aliphatic heterocycles. The maximum absolute atomic E-state index is 9.30. The molecule has 0 saturated carbocycles. The smallest absolute Gasteiger partial charge is 0.120 e. The van der Waals surface area contributed by atoms with Gasteiger partial charge in [0.05, 0.1) is 0 Å². The lowest BCUT2D eigenvalue weighted by atomic mass is 10.1. The van der Waals surface area contributed by atoms with E-state index in [1.54, 1.807) is 12.1 Å². The van der Waals surface area contributed by atoms with E-state index in [1.807, 2.05) is 13.0 Å². The van der Waals surface area contributed by atoms with Gasteiger partial charge in [-0.2, -0.15) is 0 Å². The summed E-state index contributed by atoms with van der Waals surface area (Å²) in [6.07, 6.45) is 0. The first-order valence-corrected chi connectivity index (χ1v) is 4.14. The molecule has 0 amide bonds. The SMILES string of the molecule is C[C@H](N)c1cc(Br)ccc1O.Cl. The molecule has 0 spiro atoms. The van der Waals surface area contributed by atoms with Crippen LogP contribution in [0.5, 0.6) is 5.75 Å². The van der Waals surface area contributed by atoms with Crippen LogP contribution in [0.4, 0.5) is 0 Å². The van der Waals surface area contributed by atoms with Crippen molar-refractivity contribution in [2.24, 2.45) is 5.73 Å². The van der Waals surface area contributed by atoms with Crippen LogP contribution < -0.4 is 5.73 Å². The Bertz CT molecular complexity index is 265. The highest BCUT2D eigenvalue weighted by Gasteiger charge is 2.05. The zero-order valence-corrected chi connectivity index (χ0v) is 9.02. The number of phenols is 1. The average Bonchev–Trinajstić information content (AvgIpc) is 1.94. The van der Waals surface area contributed by atoms with Crippen molar-refractivity contribution < 1.29 is 5.11 Å². The van der Waals surface area contributed by atoms with Gasteiger partial charge < -0.3 is 10.8 Å². The molecule has 2 nitrogen and oxygen atoms in total. The third-order valence-electron chi connectivity index (χ3n) is 1.48. The van der Waals surface area contributed by atoms with E-state index in [1.165, 1.54) is 0 Å². The molecule has 1 aromatic carbocycles. The quantitative estimate of drug-likeness (QED) is 0.807. The first kappa shape index (κ1) is 11.8. The van der Waals surface area contributed by atoms with E-state index < -0.39 is 0 Å². The summed E-state index contributed by atoms with van der Waals surface area (Å²) in [5.41, 5.74) is 6.37. The second-order valence-corrected chi connectivity index (χ2v) is 3.41. The molecule has 0 bridgehead atoms. The van der Waals surface area contributed by atoms with Gasteiger partial charge in [-0.1, -0.05) is 15.9 Å². The number of hydrogen-bond acceptors (Lipinski definition) is 2. The third-order valence-corrected chi connectivity index (χ3v) is 1.97. The topological polar surface area (TPSA) is 46.2 Å². The molecule has 12 heavy (non-hydrogen) atoms. The van der Waals surface area contributed by atoms with Crippen LogP contribution in [0, 0.1) is 0 Å². The van der Waals surface area contributed by atoms with Gasteiger partial charge in [-0.05, 0) is 25.1 Å². The van der Waals surface area contributed by atoms with Gasteiger partial charge in [0.25, 0.3) is 0 Å². The second-order valence-electron chi connectivity index (χ2n) is 2.49. The molecule has 3 N–H and O–H groups in total. The van der Waals surface area contributed by atoms with Crippen molar-refractivity contribution in [2.45, 2.75) is 13.0 Å². The van der Waals surface area contributed by atoms with E-state index in [2.05, 4.69) is 15.9 Å². The Morgan fingerprint density at radius 3 is 2.50 bits per heavy atom. The van der Waals surface area contributed by atoms with E-state index in [-0.39, 0.29) is 24.2 Å². The fourth-order valence-corrected chi connectivity index (χ4v) is 1.27. The minimum Gasteiger partial charge on any atom is -0.508 e. The van der Waals surface area contributed by atoms with Gasteiger partial charge in [0.2, 0.25) is 0 Å². The van der Waals surface area contributed by atoms with Gasteiger partial charge in [0.15, 0.2) is 0 Å². The largest absolute Gasteiger partial charge is 0.508 e. The van der Waals surface area contributed by atoms with Crippen LogP contribution in [0.15, 0.2) is 22.7 Å². The lowest BCUT2D eigenvalue weighted by Crippen LogP contribution is -2.04. The zero-order valence-electron chi connectivity index (χ0n) is 6.62. The van der Waals surface area contributed by atoms with Crippen molar-refractivity contribution in [1.29, 1.82) is 0 Å². The predicted molar refractivity (Wildman–Crippen MR) is 55.7 cm³/mol.